The van der Waals surface area contributed by atoms with E-state index in [4.69, 9.17) is 37.4 Å². The number of carbonyl (C=O) groups is 12. The second-order valence-corrected chi connectivity index (χ2v) is 35.7. The van der Waals surface area contributed by atoms with Crippen molar-refractivity contribution in [3.05, 3.63) is 247 Å². The lowest BCUT2D eigenvalue weighted by Gasteiger charge is -2.21. The van der Waals surface area contributed by atoms with Gasteiger partial charge in [-0.25, -0.2) is 61.9 Å². The van der Waals surface area contributed by atoms with E-state index in [1.807, 2.05) is 124 Å². The van der Waals surface area contributed by atoms with Gasteiger partial charge in [-0.2, -0.15) is 0 Å². The standard InChI is InChI=1S/C17H16O3.C16H13BrO3.C16H13ClO3.C16H13FO3.C13H14O4.C12H11ClO3/c1-9-7-13-14(16(19)20-15(13)18)12-8-10(17(2,3)4)5-6-11(9)12;3*1-16(2,3)8-4-5-9-10(6-8)13-11(7-12(9)17)14(18)20-15(13)19;1-13(2,3)9-6-7(16-4)5-8-10(9)12(15)17-11(8)14;1-12(2,3)6-4-7-9(8(13)5-6)11(15)16-10(7)14/h5-8H,1-4H3;3*4-7H,1-3H3;5-6H,1-4H3;4-5H,1-3H3. The van der Waals surface area contributed by atoms with E-state index in [2.05, 4.69) is 103 Å². The molecule has 582 valence electrons. The Labute approximate surface area is 669 Å². The first-order chi connectivity index (χ1) is 52.3. The molecule has 10 aromatic carbocycles. The Balaban J connectivity index is 0.000000134. The fourth-order valence-corrected chi connectivity index (χ4v) is 14.5. The average molecular weight is 1640 g/mol. The van der Waals surface area contributed by atoms with Gasteiger partial charge in [-0.3, -0.25) is 0 Å². The van der Waals surface area contributed by atoms with Gasteiger partial charge >= 0.3 is 71.6 Å². The number of esters is 12. The number of hydrogen-bond acceptors (Lipinski definition) is 19. The molecule has 0 saturated heterocycles. The summed E-state index contributed by atoms with van der Waals surface area (Å²) in [4.78, 5) is 140. The number of methoxy groups -OCH3 is 1. The summed E-state index contributed by atoms with van der Waals surface area (Å²) in [5.41, 5.74) is 9.61. The van der Waals surface area contributed by atoms with Crippen molar-refractivity contribution in [2.75, 3.05) is 7.11 Å². The molecule has 0 aromatic heterocycles. The molecule has 0 unspecified atom stereocenters. The summed E-state index contributed by atoms with van der Waals surface area (Å²) in [6, 6.07) is 35.8. The lowest BCUT2D eigenvalue weighted by atomic mass is 9.82. The van der Waals surface area contributed by atoms with E-state index >= 15 is 0 Å². The third-order valence-electron chi connectivity index (χ3n) is 19.8. The van der Waals surface area contributed by atoms with Gasteiger partial charge in [0.15, 0.2) is 0 Å². The van der Waals surface area contributed by atoms with Gasteiger partial charge in [0.1, 0.15) is 11.6 Å². The molecule has 0 aliphatic carbocycles. The molecular weight excluding hydrogens is 1550 g/mol. The minimum Gasteiger partial charge on any atom is -0.497 e. The summed E-state index contributed by atoms with van der Waals surface area (Å²) in [5, 5.41) is 6.38. The number of aryl methyl sites for hydroxylation is 1. The Bertz CT molecular complexity index is 5410. The molecule has 16 rings (SSSR count). The molecule has 23 heteroatoms. The topological polar surface area (TPSA) is 269 Å². The van der Waals surface area contributed by atoms with Crippen LogP contribution in [0.15, 0.2) is 126 Å². The molecule has 0 saturated carbocycles. The minimum absolute atomic E-state index is 0.00561. The van der Waals surface area contributed by atoms with Gasteiger partial charge in [0.25, 0.3) is 0 Å². The van der Waals surface area contributed by atoms with Gasteiger partial charge in [-0.15, -0.1) is 0 Å². The highest BCUT2D eigenvalue weighted by atomic mass is 79.9. The van der Waals surface area contributed by atoms with E-state index in [1.54, 1.807) is 42.5 Å². The van der Waals surface area contributed by atoms with Crippen LogP contribution in [0.25, 0.3) is 43.1 Å². The lowest BCUT2D eigenvalue weighted by molar-refractivity contribution is 0.0425. The number of ether oxygens (including phenoxy) is 7. The molecule has 0 spiro atoms. The number of cyclic esters (lactones) is 12. The predicted octanol–water partition coefficient (Wildman–Crippen LogP) is 20.9. The van der Waals surface area contributed by atoms with Crippen molar-refractivity contribution in [3.63, 3.8) is 0 Å². The summed E-state index contributed by atoms with van der Waals surface area (Å²) in [5.74, 6) is -7.36. The molecule has 0 bridgehead atoms. The Morgan fingerprint density at radius 3 is 1.00 bits per heavy atom. The molecule has 6 aliphatic heterocycles. The van der Waals surface area contributed by atoms with Crippen molar-refractivity contribution < 1.29 is 95.1 Å². The number of carbonyl (C=O) groups excluding carboxylic acids is 12. The number of hydrogen-bond donors (Lipinski definition) is 0. The first kappa shape index (κ1) is 82.8. The van der Waals surface area contributed by atoms with Crippen LogP contribution in [0.2, 0.25) is 10.0 Å². The van der Waals surface area contributed by atoms with Gasteiger partial charge < -0.3 is 33.2 Å². The Hall–Kier alpha value is -11.1. The quantitative estimate of drug-likeness (QED) is 0.0839. The van der Waals surface area contributed by atoms with Gasteiger partial charge in [0.05, 0.1) is 78.9 Å². The zero-order chi connectivity index (χ0) is 83.5. The van der Waals surface area contributed by atoms with E-state index in [1.165, 1.54) is 19.2 Å². The largest absolute Gasteiger partial charge is 0.497 e. The maximum Gasteiger partial charge on any atom is 0.348 e. The Morgan fingerprint density at radius 1 is 0.292 bits per heavy atom. The monoisotopic (exact) mass is 1630 g/mol. The van der Waals surface area contributed by atoms with Gasteiger partial charge in [-0.1, -0.05) is 212 Å². The molecule has 0 amide bonds. The molecule has 10 aromatic rings. The molecule has 113 heavy (non-hydrogen) atoms. The van der Waals surface area contributed by atoms with Crippen LogP contribution >= 0.6 is 39.1 Å². The van der Waals surface area contributed by atoms with Crippen LogP contribution in [0.1, 0.15) is 288 Å². The second-order valence-electron chi connectivity index (χ2n) is 34.0. The third kappa shape index (κ3) is 16.2. The highest BCUT2D eigenvalue weighted by Crippen LogP contribution is 2.43. The van der Waals surface area contributed by atoms with Crippen LogP contribution < -0.4 is 4.74 Å². The van der Waals surface area contributed by atoms with Gasteiger partial charge in [0.2, 0.25) is 0 Å². The van der Waals surface area contributed by atoms with Crippen LogP contribution in [0.4, 0.5) is 4.39 Å². The Kier molecular flexibility index (Phi) is 21.8. The van der Waals surface area contributed by atoms with Crippen molar-refractivity contribution in [1.29, 1.82) is 0 Å². The van der Waals surface area contributed by atoms with Crippen LogP contribution in [0, 0.1) is 12.7 Å². The second kappa shape index (κ2) is 29.8. The highest BCUT2D eigenvalue weighted by molar-refractivity contribution is 9.10. The zero-order valence-electron chi connectivity index (χ0n) is 65.8. The molecular formula is C90H80BrCl2FO19. The maximum atomic E-state index is 14.1. The smallest absolute Gasteiger partial charge is 0.348 e. The van der Waals surface area contributed by atoms with Gasteiger partial charge in [0, 0.05) is 25.7 Å². The fraction of sp³-hybridized carbons (Fsp3) is 0.289. The number of rotatable bonds is 1. The van der Waals surface area contributed by atoms with Crippen LogP contribution in [0.3, 0.4) is 0 Å². The van der Waals surface area contributed by atoms with Gasteiger partial charge in [-0.05, 0) is 178 Å². The fourth-order valence-electron chi connectivity index (χ4n) is 13.4. The average Bonchev–Trinajstić information content (AvgIpc) is 1.68. The van der Waals surface area contributed by atoms with E-state index in [9.17, 15) is 61.9 Å². The molecule has 0 fully saturated rings. The van der Waals surface area contributed by atoms with Crippen molar-refractivity contribution in [1.82, 2.24) is 0 Å². The first-order valence-electron chi connectivity index (χ1n) is 35.8. The van der Waals surface area contributed by atoms with E-state index in [0.717, 1.165) is 76.4 Å². The van der Waals surface area contributed by atoms with Crippen LogP contribution in [-0.2, 0) is 60.9 Å². The summed E-state index contributed by atoms with van der Waals surface area (Å²) in [7, 11) is 1.52. The summed E-state index contributed by atoms with van der Waals surface area (Å²) in [6.45, 7) is 38.9. The van der Waals surface area contributed by atoms with Crippen molar-refractivity contribution in [2.45, 2.75) is 164 Å². The van der Waals surface area contributed by atoms with Crippen molar-refractivity contribution >= 4 is 154 Å². The van der Waals surface area contributed by atoms with Crippen molar-refractivity contribution in [2.24, 2.45) is 0 Å². The predicted molar refractivity (Wildman–Crippen MR) is 428 cm³/mol. The number of halogens is 4. The molecule has 19 nitrogen and oxygen atoms in total. The first-order valence-corrected chi connectivity index (χ1v) is 37.4. The maximum absolute atomic E-state index is 14.1. The Morgan fingerprint density at radius 2 is 0.602 bits per heavy atom. The summed E-state index contributed by atoms with van der Waals surface area (Å²) < 4.78 is 47.9. The molecule has 0 radical (unpaired) electrons. The van der Waals surface area contributed by atoms with Crippen molar-refractivity contribution in [3.8, 4) is 5.75 Å². The van der Waals surface area contributed by atoms with Crippen LogP contribution in [-0.4, -0.2) is 78.7 Å². The molecule has 0 N–H and O–H groups in total. The number of fused-ring (bicyclic) bond motifs is 14. The van der Waals surface area contributed by atoms with E-state index in [-0.39, 0.29) is 65.3 Å². The lowest BCUT2D eigenvalue weighted by Crippen LogP contribution is -2.16. The van der Waals surface area contributed by atoms with E-state index < -0.39 is 77.4 Å². The molecule has 6 heterocycles. The highest BCUT2D eigenvalue weighted by Gasteiger charge is 2.40. The SMILES string of the molecule is CC(C)(C)c1cc(Cl)c2c(c1)C(=O)OC2=O.CC(C)(C)c1ccc2c(Br)cc3c(c2c1)C(=O)OC3=O.CC(C)(C)c1ccc2c(Cl)cc3c(c2c1)C(=O)OC3=O.CC(C)(C)c1ccc2c(F)cc3c(c2c1)C(=O)OC3=O.COc1cc2c(c(C(C)(C)C)c1)C(=O)OC2=O.Cc1cc2c(c3cc(C(C)(C)C)ccc13)C(=O)OC2=O. The molecule has 6 aliphatic rings. The summed E-state index contributed by atoms with van der Waals surface area (Å²) in [6.07, 6.45) is 0. The molecule has 0 atom stereocenters. The summed E-state index contributed by atoms with van der Waals surface area (Å²) >= 11 is 15.6. The normalized spacial score (nSPS) is 14.7. The van der Waals surface area contributed by atoms with E-state index in [0.29, 0.717) is 65.9 Å². The zero-order valence-corrected chi connectivity index (χ0v) is 68.9. The number of benzene rings is 10. The minimum atomic E-state index is -0.785. The van der Waals surface area contributed by atoms with Crippen LogP contribution in [0.5, 0.6) is 5.75 Å². The third-order valence-corrected chi connectivity index (χ3v) is 21.1.